The van der Waals surface area contributed by atoms with E-state index in [2.05, 4.69) is 15.0 Å². The van der Waals surface area contributed by atoms with E-state index in [0.717, 1.165) is 18.2 Å². The zero-order valence-corrected chi connectivity index (χ0v) is 17.7. The highest BCUT2D eigenvalue weighted by Gasteiger charge is 2.35. The highest BCUT2D eigenvalue weighted by Crippen LogP contribution is 2.31. The molecule has 1 aromatic rings. The van der Waals surface area contributed by atoms with Crippen LogP contribution in [0.1, 0.15) is 24.3 Å². The largest absolute Gasteiger partial charge is 0.462 e. The van der Waals surface area contributed by atoms with Crippen LogP contribution in [0.25, 0.3) is 0 Å². The Balaban J connectivity index is 1.35. The topological polar surface area (TPSA) is 118 Å². The molecule has 0 atom stereocenters. The first-order chi connectivity index (χ1) is 13.8. The summed E-state index contributed by atoms with van der Waals surface area (Å²) in [6.07, 6.45) is -0.610. The van der Waals surface area contributed by atoms with Crippen molar-refractivity contribution in [2.45, 2.75) is 25.1 Å². The minimum Gasteiger partial charge on any atom is -0.462 e. The summed E-state index contributed by atoms with van der Waals surface area (Å²) in [5.41, 5.74) is 0.384. The molecule has 0 unspecified atom stereocenters. The maximum atomic E-state index is 12.5. The summed E-state index contributed by atoms with van der Waals surface area (Å²) >= 11 is 2.74. The number of ether oxygens (including phenoxy) is 2. The van der Waals surface area contributed by atoms with E-state index in [1.165, 1.54) is 30.0 Å². The minimum atomic E-state index is -0.610. The normalized spacial score (nSPS) is 16.6. The number of alkyl carbamates (subject to hydrolysis) is 1. The first-order valence-electron chi connectivity index (χ1n) is 9.05. The Morgan fingerprint density at radius 2 is 1.86 bits per heavy atom. The molecule has 12 heteroatoms. The van der Waals surface area contributed by atoms with Gasteiger partial charge in [0.25, 0.3) is 5.91 Å². The van der Waals surface area contributed by atoms with Crippen molar-refractivity contribution >= 4 is 51.3 Å². The predicted octanol–water partition coefficient (Wildman–Crippen LogP) is 0.725. The molecule has 0 radical (unpaired) electrons. The molecule has 0 saturated carbocycles. The fraction of sp³-hybridized carbons (Fsp3) is 0.588. The molecule has 1 aromatic heterocycles. The summed E-state index contributed by atoms with van der Waals surface area (Å²) in [4.78, 5) is 53.9. The van der Waals surface area contributed by atoms with Gasteiger partial charge in [-0.1, -0.05) is 11.8 Å². The lowest BCUT2D eigenvalue weighted by Crippen LogP contribution is -2.61. The highest BCUT2D eigenvalue weighted by molar-refractivity contribution is 8.14. The zero-order valence-electron chi connectivity index (χ0n) is 16.1. The van der Waals surface area contributed by atoms with Gasteiger partial charge in [0.15, 0.2) is 10.2 Å². The molecule has 10 nitrogen and oxygen atoms in total. The quantitative estimate of drug-likeness (QED) is 0.481. The summed E-state index contributed by atoms with van der Waals surface area (Å²) < 4.78 is 9.56. The number of thiazole rings is 1. The van der Waals surface area contributed by atoms with Gasteiger partial charge >= 0.3 is 12.1 Å². The van der Waals surface area contributed by atoms with Crippen molar-refractivity contribution in [3.8, 4) is 0 Å². The number of esters is 1. The Morgan fingerprint density at radius 3 is 2.52 bits per heavy atom. The van der Waals surface area contributed by atoms with Gasteiger partial charge in [-0.25, -0.2) is 9.78 Å². The smallest absolute Gasteiger partial charge is 0.407 e. The highest BCUT2D eigenvalue weighted by atomic mass is 32.2. The van der Waals surface area contributed by atoms with Gasteiger partial charge in [-0.05, 0) is 0 Å². The van der Waals surface area contributed by atoms with Gasteiger partial charge in [0.2, 0.25) is 0 Å². The molecular weight excluding hydrogens is 420 g/mol. The second-order valence-corrected chi connectivity index (χ2v) is 8.99. The molecule has 3 rings (SSSR count). The number of carbonyl (C=O) groups excluding carboxylic acids is 4. The number of thioether (sulfide) groups is 1. The van der Waals surface area contributed by atoms with Crippen LogP contribution in [-0.4, -0.2) is 83.7 Å². The first-order valence-corrected chi connectivity index (χ1v) is 10.8. The van der Waals surface area contributed by atoms with Gasteiger partial charge in [0.1, 0.15) is 18.9 Å². The van der Waals surface area contributed by atoms with Crippen LogP contribution in [0.4, 0.5) is 9.93 Å². The lowest BCUT2D eigenvalue weighted by Gasteiger charge is -2.39. The SMILES string of the molecule is CC(=O)OCCOC(=O)NC1CN(C(=O)c2csc(N3CC(SC(C)=O)C3)n2)C1. The fourth-order valence-electron chi connectivity index (χ4n) is 2.84. The second-order valence-electron chi connectivity index (χ2n) is 6.68. The van der Waals surface area contributed by atoms with E-state index in [1.54, 1.807) is 17.2 Å². The molecule has 3 heterocycles. The number of hydrogen-bond donors (Lipinski definition) is 1. The fourth-order valence-corrected chi connectivity index (χ4v) is 4.64. The van der Waals surface area contributed by atoms with Crippen molar-refractivity contribution in [3.05, 3.63) is 11.1 Å². The van der Waals surface area contributed by atoms with Crippen molar-refractivity contribution < 1.29 is 28.7 Å². The molecule has 2 aliphatic rings. The molecule has 158 valence electrons. The maximum absolute atomic E-state index is 12.5. The Morgan fingerprint density at radius 1 is 1.17 bits per heavy atom. The van der Waals surface area contributed by atoms with E-state index < -0.39 is 12.1 Å². The van der Waals surface area contributed by atoms with Gasteiger partial charge in [-0.2, -0.15) is 0 Å². The minimum absolute atomic E-state index is 0.00932. The number of nitrogens with zero attached hydrogens (tertiary/aromatic N) is 3. The van der Waals surface area contributed by atoms with E-state index in [-0.39, 0.29) is 35.5 Å². The molecule has 2 fully saturated rings. The Labute approximate surface area is 175 Å². The van der Waals surface area contributed by atoms with Crippen LogP contribution in [0.2, 0.25) is 0 Å². The summed E-state index contributed by atoms with van der Waals surface area (Å²) in [6.45, 7) is 5.09. The molecule has 0 spiro atoms. The number of rotatable bonds is 7. The summed E-state index contributed by atoms with van der Waals surface area (Å²) in [5, 5.41) is 5.55. The average molecular weight is 443 g/mol. The van der Waals surface area contributed by atoms with Crippen LogP contribution in [0.5, 0.6) is 0 Å². The first kappa shape index (κ1) is 21.4. The zero-order chi connectivity index (χ0) is 21.0. The molecular formula is C17H22N4O6S2. The standard InChI is InChI=1S/C17H22N4O6S2/c1-10(22)26-3-4-27-17(25)18-12-5-20(6-12)15(24)14-9-28-16(19-14)21-7-13(8-21)29-11(2)23/h9,12-13H,3-8H2,1-2H3,(H,18,25). The van der Waals surface area contributed by atoms with Crippen molar-refractivity contribution in [1.82, 2.24) is 15.2 Å². The number of amides is 2. The summed E-state index contributed by atoms with van der Waals surface area (Å²) in [6, 6.07) is -0.182. The second kappa shape index (κ2) is 9.44. The number of aromatic nitrogens is 1. The number of anilines is 1. The molecule has 2 aliphatic heterocycles. The Bertz CT molecular complexity index is 789. The van der Waals surface area contributed by atoms with E-state index in [1.807, 2.05) is 4.90 Å². The van der Waals surface area contributed by atoms with Crippen molar-refractivity contribution in [2.24, 2.45) is 0 Å². The van der Waals surface area contributed by atoms with Crippen molar-refractivity contribution in [1.29, 1.82) is 0 Å². The molecule has 0 bridgehead atoms. The Kier molecular flexibility index (Phi) is 6.96. The third-order valence-electron chi connectivity index (χ3n) is 4.27. The van der Waals surface area contributed by atoms with Gasteiger partial charge in [-0.15, -0.1) is 11.3 Å². The lowest BCUT2D eigenvalue weighted by molar-refractivity contribution is -0.141. The predicted molar refractivity (Wildman–Crippen MR) is 107 cm³/mol. The average Bonchev–Trinajstić information content (AvgIpc) is 3.06. The molecule has 0 aliphatic carbocycles. The summed E-state index contributed by atoms with van der Waals surface area (Å²) in [5.74, 6) is -0.611. The lowest BCUT2D eigenvalue weighted by atomic mass is 10.1. The van der Waals surface area contributed by atoms with Crippen LogP contribution in [0, 0.1) is 0 Å². The van der Waals surface area contributed by atoms with Crippen LogP contribution in [-0.2, 0) is 19.1 Å². The Hall–Kier alpha value is -2.34. The number of carbonyl (C=O) groups is 4. The van der Waals surface area contributed by atoms with Crippen LogP contribution in [0.15, 0.2) is 5.38 Å². The number of likely N-dealkylation sites (tertiary alicyclic amines) is 1. The van der Waals surface area contributed by atoms with Gasteiger partial charge in [0, 0.05) is 50.7 Å². The molecule has 29 heavy (non-hydrogen) atoms. The summed E-state index contributed by atoms with van der Waals surface area (Å²) in [7, 11) is 0. The van der Waals surface area contributed by atoms with Gasteiger partial charge in [-0.3, -0.25) is 14.4 Å². The van der Waals surface area contributed by atoms with Crippen molar-refractivity contribution in [3.63, 3.8) is 0 Å². The van der Waals surface area contributed by atoms with Crippen LogP contribution >= 0.6 is 23.1 Å². The molecule has 2 saturated heterocycles. The maximum Gasteiger partial charge on any atom is 0.407 e. The van der Waals surface area contributed by atoms with Crippen LogP contribution < -0.4 is 10.2 Å². The van der Waals surface area contributed by atoms with E-state index >= 15 is 0 Å². The van der Waals surface area contributed by atoms with E-state index in [4.69, 9.17) is 4.74 Å². The van der Waals surface area contributed by atoms with E-state index in [9.17, 15) is 19.2 Å². The third kappa shape index (κ3) is 5.82. The third-order valence-corrected chi connectivity index (χ3v) is 6.14. The number of hydrogen-bond acceptors (Lipinski definition) is 10. The van der Waals surface area contributed by atoms with E-state index in [0.29, 0.717) is 18.8 Å². The van der Waals surface area contributed by atoms with Gasteiger partial charge in [0.05, 0.1) is 6.04 Å². The molecule has 1 N–H and O–H groups in total. The van der Waals surface area contributed by atoms with Crippen molar-refractivity contribution in [2.75, 3.05) is 44.3 Å². The number of nitrogens with one attached hydrogen (secondary N) is 1. The molecule has 0 aromatic carbocycles. The van der Waals surface area contributed by atoms with Crippen LogP contribution in [0.3, 0.4) is 0 Å². The molecule has 2 amide bonds. The monoisotopic (exact) mass is 442 g/mol. The van der Waals surface area contributed by atoms with Gasteiger partial charge < -0.3 is 24.6 Å².